The molecule has 0 radical (unpaired) electrons. The van der Waals surface area contributed by atoms with E-state index in [0.717, 1.165) is 19.1 Å². The van der Waals surface area contributed by atoms with Crippen LogP contribution in [0.25, 0.3) is 0 Å². The summed E-state index contributed by atoms with van der Waals surface area (Å²) >= 11 is 0. The molecule has 1 aliphatic heterocycles. The van der Waals surface area contributed by atoms with Gasteiger partial charge in [-0.05, 0) is 39.7 Å². The minimum atomic E-state index is -0.481. The van der Waals surface area contributed by atoms with Crippen molar-refractivity contribution in [1.82, 2.24) is 0 Å². The fourth-order valence-electron chi connectivity index (χ4n) is 2.51. The minimum absolute atomic E-state index is 0.0355. The predicted molar refractivity (Wildman–Crippen MR) is 83.1 cm³/mol. The van der Waals surface area contributed by atoms with Crippen molar-refractivity contribution in [2.45, 2.75) is 58.5 Å². The molecule has 4 heteroatoms. The summed E-state index contributed by atoms with van der Waals surface area (Å²) in [6, 6.07) is 0. The van der Waals surface area contributed by atoms with Crippen LogP contribution in [0.3, 0.4) is 0 Å². The van der Waals surface area contributed by atoms with Crippen molar-refractivity contribution in [2.24, 2.45) is 5.92 Å². The summed E-state index contributed by atoms with van der Waals surface area (Å²) < 4.78 is 16.8. The summed E-state index contributed by atoms with van der Waals surface area (Å²) in [5, 5.41) is 0. The molecule has 120 valence electrons. The smallest absolute Gasteiger partial charge is 0.163 e. The van der Waals surface area contributed by atoms with Gasteiger partial charge < -0.3 is 14.2 Å². The number of aldehydes is 1. The standard InChI is InChI=1S/C17H28O4/c1-13(11-15-12-20-17(3,4)21-15)8-9-16(19-5)14(2)7-6-10-18/h6-7,10-11,14-16H,8-9,12H2,1-5H3/b7-6+,13-11-/t14-,15?,16-/m0/s1. The Bertz CT molecular complexity index is 384. The van der Waals surface area contributed by atoms with Gasteiger partial charge in [0, 0.05) is 13.0 Å². The van der Waals surface area contributed by atoms with E-state index in [9.17, 15) is 4.79 Å². The van der Waals surface area contributed by atoms with Gasteiger partial charge in [-0.2, -0.15) is 0 Å². The summed E-state index contributed by atoms with van der Waals surface area (Å²) in [5.74, 6) is -0.261. The summed E-state index contributed by atoms with van der Waals surface area (Å²) in [6.45, 7) is 8.63. The molecule has 1 saturated heterocycles. The molecule has 0 amide bonds. The topological polar surface area (TPSA) is 44.8 Å². The second kappa shape index (κ2) is 8.47. The molecule has 0 aromatic heterocycles. The third-order valence-corrected chi connectivity index (χ3v) is 3.71. The molecule has 0 aromatic carbocycles. The molecule has 21 heavy (non-hydrogen) atoms. The summed E-state index contributed by atoms with van der Waals surface area (Å²) in [5.41, 5.74) is 1.27. The van der Waals surface area contributed by atoms with Gasteiger partial charge in [0.05, 0.1) is 12.7 Å². The first-order valence-corrected chi connectivity index (χ1v) is 7.52. The number of ether oxygens (including phenoxy) is 3. The highest BCUT2D eigenvalue weighted by Crippen LogP contribution is 2.25. The van der Waals surface area contributed by atoms with E-state index in [1.54, 1.807) is 7.11 Å². The number of rotatable bonds is 8. The highest BCUT2D eigenvalue weighted by atomic mass is 16.7. The lowest BCUT2D eigenvalue weighted by molar-refractivity contribution is -0.133. The van der Waals surface area contributed by atoms with Gasteiger partial charge in [-0.15, -0.1) is 0 Å². The Hall–Kier alpha value is -0.970. The molecule has 1 unspecified atom stereocenters. The molecule has 0 spiro atoms. The Morgan fingerprint density at radius 1 is 1.48 bits per heavy atom. The van der Waals surface area contributed by atoms with E-state index in [2.05, 4.69) is 19.9 Å². The zero-order chi connectivity index (χ0) is 15.9. The molecule has 1 heterocycles. The van der Waals surface area contributed by atoms with E-state index in [1.807, 2.05) is 19.9 Å². The molecule has 0 aromatic rings. The maximum atomic E-state index is 10.4. The first kappa shape index (κ1) is 18.1. The number of allylic oxidation sites excluding steroid dienone is 2. The van der Waals surface area contributed by atoms with Crippen LogP contribution in [-0.2, 0) is 19.0 Å². The zero-order valence-corrected chi connectivity index (χ0v) is 13.8. The van der Waals surface area contributed by atoms with Crippen LogP contribution < -0.4 is 0 Å². The van der Waals surface area contributed by atoms with Crippen LogP contribution in [0.15, 0.2) is 23.8 Å². The lowest BCUT2D eigenvalue weighted by Crippen LogP contribution is -2.21. The lowest BCUT2D eigenvalue weighted by atomic mass is 9.97. The third kappa shape index (κ3) is 6.55. The van der Waals surface area contributed by atoms with Gasteiger partial charge in [0.25, 0.3) is 0 Å². The third-order valence-electron chi connectivity index (χ3n) is 3.71. The largest absolute Gasteiger partial charge is 0.381 e. The molecular weight excluding hydrogens is 268 g/mol. The maximum Gasteiger partial charge on any atom is 0.163 e. The zero-order valence-electron chi connectivity index (χ0n) is 13.8. The van der Waals surface area contributed by atoms with Crippen molar-refractivity contribution in [1.29, 1.82) is 0 Å². The Labute approximate surface area is 128 Å². The molecule has 0 bridgehead atoms. The van der Waals surface area contributed by atoms with Gasteiger partial charge in [0.15, 0.2) is 5.79 Å². The number of hydrogen-bond donors (Lipinski definition) is 0. The Morgan fingerprint density at radius 2 is 2.19 bits per heavy atom. The van der Waals surface area contributed by atoms with E-state index in [4.69, 9.17) is 14.2 Å². The van der Waals surface area contributed by atoms with Crippen LogP contribution in [0.4, 0.5) is 0 Å². The Kier molecular flexibility index (Phi) is 7.29. The molecular formula is C17H28O4. The molecule has 0 N–H and O–H groups in total. The summed E-state index contributed by atoms with van der Waals surface area (Å²) in [7, 11) is 1.71. The number of carbonyl (C=O) groups excluding carboxylic acids is 1. The van der Waals surface area contributed by atoms with Crippen molar-refractivity contribution in [3.63, 3.8) is 0 Å². The second-order valence-electron chi connectivity index (χ2n) is 6.07. The van der Waals surface area contributed by atoms with Gasteiger partial charge >= 0.3 is 0 Å². The number of methoxy groups -OCH3 is 1. The van der Waals surface area contributed by atoms with Gasteiger partial charge in [-0.1, -0.05) is 24.6 Å². The van der Waals surface area contributed by atoms with Gasteiger partial charge in [0.2, 0.25) is 0 Å². The molecule has 1 fully saturated rings. The average molecular weight is 296 g/mol. The number of hydrogen-bond acceptors (Lipinski definition) is 4. The van der Waals surface area contributed by atoms with Gasteiger partial charge in [-0.3, -0.25) is 4.79 Å². The highest BCUT2D eigenvalue weighted by molar-refractivity contribution is 5.64. The fourth-order valence-corrected chi connectivity index (χ4v) is 2.51. The summed E-state index contributed by atoms with van der Waals surface area (Å²) in [4.78, 5) is 10.4. The van der Waals surface area contributed by atoms with Crippen molar-refractivity contribution in [3.05, 3.63) is 23.8 Å². The average Bonchev–Trinajstić information content (AvgIpc) is 2.76. The van der Waals surface area contributed by atoms with Crippen molar-refractivity contribution in [2.75, 3.05) is 13.7 Å². The summed E-state index contributed by atoms with van der Waals surface area (Å²) in [6.07, 6.45) is 8.36. The molecule has 4 nitrogen and oxygen atoms in total. The second-order valence-corrected chi connectivity index (χ2v) is 6.07. The van der Waals surface area contributed by atoms with Crippen LogP contribution >= 0.6 is 0 Å². The van der Waals surface area contributed by atoms with Crippen molar-refractivity contribution >= 4 is 6.29 Å². The van der Waals surface area contributed by atoms with Crippen LogP contribution in [0.5, 0.6) is 0 Å². The maximum absolute atomic E-state index is 10.4. The van der Waals surface area contributed by atoms with Crippen molar-refractivity contribution < 1.29 is 19.0 Å². The minimum Gasteiger partial charge on any atom is -0.381 e. The first-order valence-electron chi connectivity index (χ1n) is 7.52. The lowest BCUT2D eigenvalue weighted by Gasteiger charge is -2.20. The van der Waals surface area contributed by atoms with E-state index in [-0.39, 0.29) is 18.1 Å². The van der Waals surface area contributed by atoms with Gasteiger partial charge in [-0.25, -0.2) is 0 Å². The monoisotopic (exact) mass is 296 g/mol. The highest BCUT2D eigenvalue weighted by Gasteiger charge is 2.31. The molecule has 0 aliphatic carbocycles. The van der Waals surface area contributed by atoms with E-state index in [0.29, 0.717) is 6.61 Å². The van der Waals surface area contributed by atoms with Crippen LogP contribution in [0.1, 0.15) is 40.5 Å². The molecule has 1 aliphatic rings. The van der Waals surface area contributed by atoms with E-state index >= 15 is 0 Å². The normalized spacial score (nSPS) is 25.2. The quantitative estimate of drug-likeness (QED) is 0.392. The SMILES string of the molecule is CO[C@@H](CC/C(C)=C\C1COC(C)(C)O1)[C@@H](C)/C=C/C=O. The number of carbonyl (C=O) groups is 1. The Balaban J connectivity index is 2.45. The predicted octanol–water partition coefficient (Wildman–Crippen LogP) is 3.27. The van der Waals surface area contributed by atoms with Gasteiger partial charge in [0.1, 0.15) is 12.4 Å². The molecule has 1 rings (SSSR count). The van der Waals surface area contributed by atoms with Crippen LogP contribution in [0, 0.1) is 5.92 Å². The van der Waals surface area contributed by atoms with Crippen LogP contribution in [-0.4, -0.2) is 38.0 Å². The van der Waals surface area contributed by atoms with Crippen LogP contribution in [0.2, 0.25) is 0 Å². The first-order chi connectivity index (χ1) is 9.88. The molecule has 0 saturated carbocycles. The van der Waals surface area contributed by atoms with Crippen molar-refractivity contribution in [3.8, 4) is 0 Å². The van der Waals surface area contributed by atoms with E-state index < -0.39 is 5.79 Å². The molecule has 3 atom stereocenters. The Morgan fingerprint density at radius 3 is 2.71 bits per heavy atom. The van der Waals surface area contributed by atoms with E-state index in [1.165, 1.54) is 11.6 Å². The fraction of sp³-hybridized carbons (Fsp3) is 0.706.